The summed E-state index contributed by atoms with van der Waals surface area (Å²) in [6, 6.07) is 11.7. The molecule has 0 aliphatic rings. The molecule has 2 aromatic carbocycles. The molecule has 0 aromatic heterocycles. The summed E-state index contributed by atoms with van der Waals surface area (Å²) in [5, 5.41) is 3.37. The first-order valence-electron chi connectivity index (χ1n) is 8.08. The first kappa shape index (κ1) is 20.8. The lowest BCUT2D eigenvalue weighted by Crippen LogP contribution is -2.24. The van der Waals surface area contributed by atoms with Crippen LogP contribution in [0.3, 0.4) is 0 Å². The number of methoxy groups -OCH3 is 1. The number of nitrogens with one attached hydrogen (secondary N) is 2. The van der Waals surface area contributed by atoms with Gasteiger partial charge in [-0.05, 0) is 48.9 Å². The average Bonchev–Trinajstić information content (AvgIpc) is 2.59. The number of hydrogen-bond acceptors (Lipinski definition) is 4. The van der Waals surface area contributed by atoms with E-state index in [9.17, 15) is 13.2 Å². The molecule has 2 N–H and O–H groups in total. The van der Waals surface area contributed by atoms with Crippen LogP contribution < -0.4 is 14.8 Å². The molecule has 0 aliphatic carbocycles. The lowest BCUT2D eigenvalue weighted by molar-refractivity contribution is -0.117. The van der Waals surface area contributed by atoms with Crippen molar-refractivity contribution in [2.24, 2.45) is 0 Å². The number of ether oxygens (including phenoxy) is 1. The topological polar surface area (TPSA) is 84.5 Å². The highest BCUT2D eigenvalue weighted by atomic mass is 35.5. The average molecular weight is 409 g/mol. The van der Waals surface area contributed by atoms with Crippen LogP contribution in [-0.2, 0) is 14.8 Å². The molecule has 0 saturated carbocycles. The molecule has 1 atom stereocenters. The third-order valence-electron chi connectivity index (χ3n) is 3.65. The summed E-state index contributed by atoms with van der Waals surface area (Å²) in [7, 11) is -1.82. The monoisotopic (exact) mass is 408 g/mol. The summed E-state index contributed by atoms with van der Waals surface area (Å²) in [6.45, 7) is 1.81. The molecule has 8 heteroatoms. The second-order valence-electron chi connectivity index (χ2n) is 5.95. The van der Waals surface area contributed by atoms with Crippen molar-refractivity contribution in [3.63, 3.8) is 0 Å². The van der Waals surface area contributed by atoms with Gasteiger partial charge in [-0.15, -0.1) is 0 Å². The molecule has 0 heterocycles. The van der Waals surface area contributed by atoms with E-state index in [1.807, 2.05) is 13.0 Å². The Morgan fingerprint density at radius 2 is 1.96 bits per heavy atom. The minimum Gasteiger partial charge on any atom is -0.496 e. The fourth-order valence-electron chi connectivity index (χ4n) is 2.43. The van der Waals surface area contributed by atoms with Gasteiger partial charge < -0.3 is 10.1 Å². The normalized spacial score (nSPS) is 12.6. The Bertz CT molecular complexity index is 958. The van der Waals surface area contributed by atoms with E-state index >= 15 is 0 Å². The Kier molecular flexibility index (Phi) is 6.87. The molecule has 0 aliphatic heterocycles. The summed E-state index contributed by atoms with van der Waals surface area (Å²) >= 11 is 5.98. The Balaban J connectivity index is 2.08. The van der Waals surface area contributed by atoms with E-state index < -0.39 is 10.0 Å². The van der Waals surface area contributed by atoms with Crippen LogP contribution in [0.5, 0.6) is 5.75 Å². The second kappa shape index (κ2) is 8.92. The van der Waals surface area contributed by atoms with Gasteiger partial charge in [0.25, 0.3) is 0 Å². The minimum atomic E-state index is -3.36. The highest BCUT2D eigenvalue weighted by molar-refractivity contribution is 7.92. The van der Waals surface area contributed by atoms with E-state index in [4.69, 9.17) is 16.3 Å². The standard InChI is InChI=1S/C19H21ClN2O4S/c1-13(14-5-4-6-17(12-14)22-27(3,24)25)21-19(23)10-7-15-11-16(20)8-9-18(15)26-2/h4-13,22H,1-3H3,(H,21,23)/b10-7+. The molecule has 0 bridgehead atoms. The van der Waals surface area contributed by atoms with Gasteiger partial charge in [-0.25, -0.2) is 8.42 Å². The first-order chi connectivity index (χ1) is 12.7. The highest BCUT2D eigenvalue weighted by Gasteiger charge is 2.10. The zero-order chi connectivity index (χ0) is 20.0. The molecule has 1 amide bonds. The van der Waals surface area contributed by atoms with Crippen molar-refractivity contribution in [3.8, 4) is 5.75 Å². The zero-order valence-electron chi connectivity index (χ0n) is 15.2. The molecule has 2 rings (SSSR count). The fourth-order valence-corrected chi connectivity index (χ4v) is 3.17. The lowest BCUT2D eigenvalue weighted by atomic mass is 10.1. The van der Waals surface area contributed by atoms with Crippen molar-refractivity contribution in [2.75, 3.05) is 18.1 Å². The molecule has 0 radical (unpaired) electrons. The summed E-state index contributed by atoms with van der Waals surface area (Å²) in [5.41, 5.74) is 1.90. The van der Waals surface area contributed by atoms with Gasteiger partial charge in [-0.2, -0.15) is 0 Å². The van der Waals surface area contributed by atoms with Crippen LogP contribution in [-0.4, -0.2) is 27.7 Å². The first-order valence-corrected chi connectivity index (χ1v) is 10.3. The molecule has 6 nitrogen and oxygen atoms in total. The van der Waals surface area contributed by atoms with Crippen LogP contribution in [0, 0.1) is 0 Å². The van der Waals surface area contributed by atoms with Crippen LogP contribution in [0.4, 0.5) is 5.69 Å². The lowest BCUT2D eigenvalue weighted by Gasteiger charge is -2.14. The molecule has 0 spiro atoms. The molecular weight excluding hydrogens is 388 g/mol. The summed E-state index contributed by atoms with van der Waals surface area (Å²) in [4.78, 5) is 12.2. The number of carbonyl (C=O) groups is 1. The van der Waals surface area contributed by atoms with Crippen molar-refractivity contribution in [1.29, 1.82) is 0 Å². The van der Waals surface area contributed by atoms with E-state index in [-0.39, 0.29) is 11.9 Å². The zero-order valence-corrected chi connectivity index (χ0v) is 16.8. The SMILES string of the molecule is COc1ccc(Cl)cc1/C=C/C(=O)NC(C)c1cccc(NS(C)(=O)=O)c1. The van der Waals surface area contributed by atoms with Crippen molar-refractivity contribution >= 4 is 39.3 Å². The number of amides is 1. The van der Waals surface area contributed by atoms with Gasteiger partial charge in [0.1, 0.15) is 5.75 Å². The molecule has 2 aromatic rings. The van der Waals surface area contributed by atoms with Gasteiger partial charge in [0.2, 0.25) is 15.9 Å². The van der Waals surface area contributed by atoms with Crippen molar-refractivity contribution in [1.82, 2.24) is 5.32 Å². The van der Waals surface area contributed by atoms with Gasteiger partial charge in [0, 0.05) is 22.3 Å². The Hall–Kier alpha value is -2.51. The summed E-state index contributed by atoms with van der Waals surface area (Å²) < 4.78 is 30.3. The summed E-state index contributed by atoms with van der Waals surface area (Å²) in [6.07, 6.45) is 4.09. The molecule has 0 fully saturated rings. The van der Waals surface area contributed by atoms with E-state index in [1.54, 1.807) is 49.6 Å². The number of benzene rings is 2. The Labute approximate surface area is 164 Å². The van der Waals surface area contributed by atoms with Gasteiger partial charge in [-0.1, -0.05) is 23.7 Å². The van der Waals surface area contributed by atoms with Gasteiger partial charge >= 0.3 is 0 Å². The number of anilines is 1. The highest BCUT2D eigenvalue weighted by Crippen LogP contribution is 2.24. The Morgan fingerprint density at radius 3 is 2.63 bits per heavy atom. The van der Waals surface area contributed by atoms with Crippen molar-refractivity contribution < 1.29 is 17.9 Å². The minimum absolute atomic E-state index is 0.300. The van der Waals surface area contributed by atoms with Gasteiger partial charge in [-0.3, -0.25) is 9.52 Å². The third kappa shape index (κ3) is 6.62. The fraction of sp³-hybridized carbons (Fsp3) is 0.211. The maximum Gasteiger partial charge on any atom is 0.244 e. The van der Waals surface area contributed by atoms with E-state index in [2.05, 4.69) is 10.0 Å². The predicted molar refractivity (Wildman–Crippen MR) is 109 cm³/mol. The van der Waals surface area contributed by atoms with Crippen LogP contribution in [0.15, 0.2) is 48.5 Å². The second-order valence-corrected chi connectivity index (χ2v) is 8.13. The van der Waals surface area contributed by atoms with Crippen LogP contribution in [0.1, 0.15) is 24.1 Å². The number of rotatable bonds is 7. The van der Waals surface area contributed by atoms with Crippen LogP contribution in [0.25, 0.3) is 6.08 Å². The van der Waals surface area contributed by atoms with Crippen LogP contribution >= 0.6 is 11.6 Å². The van der Waals surface area contributed by atoms with Gasteiger partial charge in [0.05, 0.1) is 19.4 Å². The number of sulfonamides is 1. The quantitative estimate of drug-likeness (QED) is 0.685. The van der Waals surface area contributed by atoms with E-state index in [0.29, 0.717) is 22.0 Å². The largest absolute Gasteiger partial charge is 0.496 e. The molecule has 144 valence electrons. The Morgan fingerprint density at radius 1 is 1.22 bits per heavy atom. The molecular formula is C19H21ClN2O4S. The van der Waals surface area contributed by atoms with E-state index in [1.165, 1.54) is 6.08 Å². The van der Waals surface area contributed by atoms with Crippen LogP contribution in [0.2, 0.25) is 5.02 Å². The van der Waals surface area contributed by atoms with Crippen molar-refractivity contribution in [3.05, 3.63) is 64.7 Å². The number of halogens is 1. The molecule has 1 unspecified atom stereocenters. The molecule has 0 saturated heterocycles. The maximum absolute atomic E-state index is 12.2. The molecule has 27 heavy (non-hydrogen) atoms. The number of hydrogen-bond donors (Lipinski definition) is 2. The van der Waals surface area contributed by atoms with Gasteiger partial charge in [0.15, 0.2) is 0 Å². The van der Waals surface area contributed by atoms with E-state index in [0.717, 1.165) is 11.8 Å². The number of carbonyl (C=O) groups excluding carboxylic acids is 1. The maximum atomic E-state index is 12.2. The van der Waals surface area contributed by atoms with Crippen molar-refractivity contribution in [2.45, 2.75) is 13.0 Å². The predicted octanol–water partition coefficient (Wildman–Crippen LogP) is 3.61. The summed E-state index contributed by atoms with van der Waals surface area (Å²) in [5.74, 6) is 0.307. The smallest absolute Gasteiger partial charge is 0.244 e. The third-order valence-corrected chi connectivity index (χ3v) is 4.50.